The molecule has 0 aromatic carbocycles. The SMILES string of the molecule is CC(O)C1C=C2C(C)(C)CC(OC3OC(CO)C(O)C(O)C3O)CC2(C)O1. The highest BCUT2D eigenvalue weighted by Gasteiger charge is 2.53. The molecule has 8 nitrogen and oxygen atoms in total. The van der Waals surface area contributed by atoms with E-state index < -0.39 is 49.0 Å². The monoisotopic (exact) mass is 388 g/mol. The van der Waals surface area contributed by atoms with Crippen LogP contribution in [0.5, 0.6) is 0 Å². The molecule has 9 atom stereocenters. The smallest absolute Gasteiger partial charge is 0.186 e. The van der Waals surface area contributed by atoms with Crippen molar-refractivity contribution in [1.29, 1.82) is 0 Å². The van der Waals surface area contributed by atoms with Crippen LogP contribution in [0.2, 0.25) is 0 Å². The zero-order valence-electron chi connectivity index (χ0n) is 16.3. The second-order valence-corrected chi connectivity index (χ2v) is 8.88. The van der Waals surface area contributed by atoms with Gasteiger partial charge in [-0.2, -0.15) is 0 Å². The van der Waals surface area contributed by atoms with Gasteiger partial charge < -0.3 is 39.7 Å². The van der Waals surface area contributed by atoms with Crippen LogP contribution in [0.1, 0.15) is 40.5 Å². The predicted molar refractivity (Wildman–Crippen MR) is 94.7 cm³/mol. The van der Waals surface area contributed by atoms with Gasteiger partial charge in [-0.3, -0.25) is 0 Å². The van der Waals surface area contributed by atoms with E-state index in [-0.39, 0.29) is 17.6 Å². The lowest BCUT2D eigenvalue weighted by molar-refractivity contribution is -0.317. The van der Waals surface area contributed by atoms with Crippen LogP contribution >= 0.6 is 0 Å². The molecule has 0 bridgehead atoms. The largest absolute Gasteiger partial charge is 0.394 e. The molecule has 2 aliphatic heterocycles. The van der Waals surface area contributed by atoms with E-state index in [1.807, 2.05) is 13.0 Å². The van der Waals surface area contributed by atoms with Crippen molar-refractivity contribution in [2.75, 3.05) is 6.61 Å². The molecule has 0 aromatic rings. The van der Waals surface area contributed by atoms with E-state index in [1.165, 1.54) is 0 Å². The molecule has 1 saturated heterocycles. The summed E-state index contributed by atoms with van der Waals surface area (Å²) in [6, 6.07) is 0. The number of hydrogen-bond donors (Lipinski definition) is 5. The minimum atomic E-state index is -1.47. The summed E-state index contributed by atoms with van der Waals surface area (Å²) < 4.78 is 17.6. The van der Waals surface area contributed by atoms with Gasteiger partial charge in [0.15, 0.2) is 6.29 Å². The lowest BCUT2D eigenvalue weighted by Gasteiger charge is -2.48. The standard InChI is InChI=1S/C19H32O8/c1-9(21)11-5-13-18(2,3)6-10(7-19(13,4)27-11)25-17-16(24)15(23)14(22)12(8-20)26-17/h5,9-12,14-17,20-24H,6-8H2,1-4H3. The molecular weight excluding hydrogens is 356 g/mol. The fraction of sp³-hybridized carbons (Fsp3) is 0.895. The van der Waals surface area contributed by atoms with Gasteiger partial charge in [-0.25, -0.2) is 0 Å². The molecule has 0 aromatic heterocycles. The molecule has 1 saturated carbocycles. The van der Waals surface area contributed by atoms with Crippen molar-refractivity contribution in [2.24, 2.45) is 5.41 Å². The quantitative estimate of drug-likeness (QED) is 0.406. The third-order valence-electron chi connectivity index (χ3n) is 6.03. The fourth-order valence-corrected chi connectivity index (χ4v) is 4.73. The molecule has 3 aliphatic rings. The molecule has 3 rings (SSSR count). The molecule has 0 spiro atoms. The minimum absolute atomic E-state index is 0.255. The Morgan fingerprint density at radius 3 is 2.41 bits per heavy atom. The van der Waals surface area contributed by atoms with Gasteiger partial charge in [0.1, 0.15) is 30.5 Å². The molecule has 8 heteroatoms. The highest BCUT2D eigenvalue weighted by atomic mass is 16.7. The average Bonchev–Trinajstić information content (AvgIpc) is 2.93. The predicted octanol–water partition coefficient (Wildman–Crippen LogP) is -0.544. The Balaban J connectivity index is 1.75. The molecule has 1 aliphatic carbocycles. The summed E-state index contributed by atoms with van der Waals surface area (Å²) in [7, 11) is 0. The minimum Gasteiger partial charge on any atom is -0.394 e. The number of ether oxygens (including phenoxy) is 3. The molecule has 156 valence electrons. The molecule has 0 radical (unpaired) electrons. The summed E-state index contributed by atoms with van der Waals surface area (Å²) in [6.45, 7) is 7.31. The second kappa shape index (κ2) is 7.35. The van der Waals surface area contributed by atoms with Gasteiger partial charge in [0.25, 0.3) is 0 Å². The van der Waals surface area contributed by atoms with E-state index in [2.05, 4.69) is 13.8 Å². The van der Waals surface area contributed by atoms with Crippen LogP contribution < -0.4 is 0 Å². The first kappa shape index (κ1) is 21.1. The zero-order chi connectivity index (χ0) is 20.1. The normalized spacial score (nSPS) is 48.0. The molecular formula is C19H32O8. The van der Waals surface area contributed by atoms with Crippen molar-refractivity contribution in [3.8, 4) is 0 Å². The second-order valence-electron chi connectivity index (χ2n) is 8.88. The number of fused-ring (bicyclic) bond motifs is 1. The van der Waals surface area contributed by atoms with E-state index in [4.69, 9.17) is 14.2 Å². The van der Waals surface area contributed by atoms with E-state index in [0.29, 0.717) is 12.8 Å². The average molecular weight is 388 g/mol. The number of aliphatic hydroxyl groups is 5. The first-order valence-corrected chi connectivity index (χ1v) is 9.53. The van der Waals surface area contributed by atoms with E-state index in [9.17, 15) is 25.5 Å². The van der Waals surface area contributed by atoms with Crippen LogP contribution in [0.15, 0.2) is 11.6 Å². The Hall–Kier alpha value is -0.580. The molecule has 2 heterocycles. The van der Waals surface area contributed by atoms with Crippen molar-refractivity contribution in [3.05, 3.63) is 11.6 Å². The number of aliphatic hydroxyl groups excluding tert-OH is 5. The lowest BCUT2D eigenvalue weighted by atomic mass is 9.65. The Kier molecular flexibility index (Phi) is 5.75. The van der Waals surface area contributed by atoms with Crippen LogP contribution in [0, 0.1) is 5.41 Å². The van der Waals surface area contributed by atoms with E-state index in [0.717, 1.165) is 5.57 Å². The van der Waals surface area contributed by atoms with Crippen molar-refractivity contribution in [3.63, 3.8) is 0 Å². The van der Waals surface area contributed by atoms with Gasteiger partial charge in [-0.05, 0) is 31.3 Å². The van der Waals surface area contributed by atoms with Gasteiger partial charge in [0, 0.05) is 6.42 Å². The molecule has 0 amide bonds. The van der Waals surface area contributed by atoms with Crippen molar-refractivity contribution in [2.45, 2.75) is 95.2 Å². The van der Waals surface area contributed by atoms with Crippen LogP contribution in [0.3, 0.4) is 0 Å². The highest BCUT2D eigenvalue weighted by molar-refractivity contribution is 5.32. The van der Waals surface area contributed by atoms with Crippen LogP contribution in [-0.4, -0.2) is 86.8 Å². The van der Waals surface area contributed by atoms with Gasteiger partial charge in [-0.1, -0.05) is 19.9 Å². The molecule has 2 fully saturated rings. The summed E-state index contributed by atoms with van der Waals surface area (Å²) >= 11 is 0. The summed E-state index contributed by atoms with van der Waals surface area (Å²) in [5, 5.41) is 49.4. The van der Waals surface area contributed by atoms with Gasteiger partial charge >= 0.3 is 0 Å². The third-order valence-corrected chi connectivity index (χ3v) is 6.03. The summed E-state index contributed by atoms with van der Waals surface area (Å²) in [5.41, 5.74) is 0.257. The van der Waals surface area contributed by atoms with Gasteiger partial charge in [-0.15, -0.1) is 0 Å². The Labute approximate surface area is 159 Å². The number of hydrogen-bond acceptors (Lipinski definition) is 8. The van der Waals surface area contributed by atoms with Crippen LogP contribution in [-0.2, 0) is 14.2 Å². The zero-order valence-corrected chi connectivity index (χ0v) is 16.3. The third kappa shape index (κ3) is 3.82. The summed E-state index contributed by atoms with van der Waals surface area (Å²) in [6.07, 6.45) is -4.68. The maximum Gasteiger partial charge on any atom is 0.186 e. The van der Waals surface area contributed by atoms with E-state index in [1.54, 1.807) is 6.92 Å². The highest BCUT2D eigenvalue weighted by Crippen LogP contribution is 2.52. The first-order chi connectivity index (χ1) is 12.5. The van der Waals surface area contributed by atoms with Crippen molar-refractivity contribution < 1.29 is 39.7 Å². The lowest BCUT2D eigenvalue weighted by Crippen LogP contribution is -2.60. The fourth-order valence-electron chi connectivity index (χ4n) is 4.73. The maximum atomic E-state index is 10.2. The Morgan fingerprint density at radius 2 is 1.81 bits per heavy atom. The van der Waals surface area contributed by atoms with Crippen molar-refractivity contribution >= 4 is 0 Å². The van der Waals surface area contributed by atoms with E-state index >= 15 is 0 Å². The van der Waals surface area contributed by atoms with Gasteiger partial charge in [0.2, 0.25) is 0 Å². The summed E-state index contributed by atoms with van der Waals surface area (Å²) in [4.78, 5) is 0. The Morgan fingerprint density at radius 1 is 1.15 bits per heavy atom. The topological polar surface area (TPSA) is 129 Å². The van der Waals surface area contributed by atoms with Crippen molar-refractivity contribution in [1.82, 2.24) is 0 Å². The van der Waals surface area contributed by atoms with Crippen LogP contribution in [0.4, 0.5) is 0 Å². The summed E-state index contributed by atoms with van der Waals surface area (Å²) in [5.74, 6) is 0. The molecule has 27 heavy (non-hydrogen) atoms. The molecule has 9 unspecified atom stereocenters. The number of rotatable bonds is 4. The van der Waals surface area contributed by atoms with Gasteiger partial charge in [0.05, 0.1) is 24.4 Å². The first-order valence-electron chi connectivity index (χ1n) is 9.53. The Bertz CT molecular complexity index is 574. The maximum absolute atomic E-state index is 10.2. The molecule has 5 N–H and O–H groups in total. The van der Waals surface area contributed by atoms with Crippen LogP contribution in [0.25, 0.3) is 0 Å².